The number of aromatic nitrogens is 6. The minimum atomic E-state index is -3.64. The van der Waals surface area contributed by atoms with Crippen molar-refractivity contribution in [2.45, 2.75) is 26.2 Å². The van der Waals surface area contributed by atoms with Crippen molar-refractivity contribution >= 4 is 44.1 Å². The van der Waals surface area contributed by atoms with Crippen molar-refractivity contribution in [2.24, 2.45) is 13.0 Å². The molecule has 4 aromatic rings. The maximum atomic E-state index is 13.4. The zero-order chi connectivity index (χ0) is 26.5. The summed E-state index contributed by atoms with van der Waals surface area (Å²) in [6, 6.07) is 6.88. The Morgan fingerprint density at radius 2 is 1.95 bits per heavy atom. The first-order valence-electron chi connectivity index (χ1n) is 11.6. The number of fused-ring (bicyclic) bond motifs is 1. The number of imidazole rings is 1. The summed E-state index contributed by atoms with van der Waals surface area (Å²) in [5.74, 6) is 1.71. The molecule has 1 aromatic carbocycles. The standard InChI is InChI=1S/C23H27F2N9O2S/c1-12-27-23(33(2)32-12)14-7-8-15(17(9-14)34(3)37(4,35)36)28-16-10-18(26-11-13-5-6-13)29-21-19(16)30-22(31-21)20(24)25/h7-10,13,20H,5-6,11H2,1-4H3,(H3,26,28,29,30,31). The predicted molar refractivity (Wildman–Crippen MR) is 138 cm³/mol. The average molecular weight is 532 g/mol. The molecule has 37 heavy (non-hydrogen) atoms. The number of alkyl halides is 2. The van der Waals surface area contributed by atoms with Crippen molar-refractivity contribution in [1.82, 2.24) is 29.7 Å². The predicted octanol–water partition coefficient (Wildman–Crippen LogP) is 3.96. The van der Waals surface area contributed by atoms with Gasteiger partial charge in [0.1, 0.15) is 17.2 Å². The Balaban J connectivity index is 1.60. The van der Waals surface area contributed by atoms with Gasteiger partial charge in [-0.3, -0.25) is 4.31 Å². The molecule has 1 aliphatic rings. The van der Waals surface area contributed by atoms with Crippen LogP contribution in [0.4, 0.5) is 31.7 Å². The van der Waals surface area contributed by atoms with Gasteiger partial charge in [0.05, 0.1) is 23.3 Å². The number of nitrogens with zero attached hydrogens (tertiary/aromatic N) is 6. The van der Waals surface area contributed by atoms with Crippen LogP contribution in [-0.4, -0.2) is 58.0 Å². The molecular weight excluding hydrogens is 504 g/mol. The van der Waals surface area contributed by atoms with Crippen LogP contribution in [0.25, 0.3) is 22.6 Å². The van der Waals surface area contributed by atoms with Crippen LogP contribution >= 0.6 is 0 Å². The molecular formula is C23H27F2N9O2S. The number of rotatable bonds is 9. The van der Waals surface area contributed by atoms with Gasteiger partial charge in [-0.05, 0) is 43.9 Å². The summed E-state index contributed by atoms with van der Waals surface area (Å²) >= 11 is 0. The Labute approximate surface area is 212 Å². The van der Waals surface area contributed by atoms with Crippen molar-refractivity contribution in [3.8, 4) is 11.4 Å². The van der Waals surface area contributed by atoms with E-state index >= 15 is 0 Å². The third kappa shape index (κ3) is 5.19. The fourth-order valence-electron chi connectivity index (χ4n) is 3.99. The summed E-state index contributed by atoms with van der Waals surface area (Å²) in [5.41, 5.74) is 2.27. The van der Waals surface area contributed by atoms with Crippen LogP contribution in [0, 0.1) is 12.8 Å². The molecule has 0 atom stereocenters. The lowest BCUT2D eigenvalue weighted by atomic mass is 10.1. The highest BCUT2D eigenvalue weighted by Crippen LogP contribution is 2.37. The van der Waals surface area contributed by atoms with Crippen molar-refractivity contribution in [1.29, 1.82) is 0 Å². The Morgan fingerprint density at radius 1 is 1.19 bits per heavy atom. The molecule has 196 valence electrons. The van der Waals surface area contributed by atoms with Crippen LogP contribution < -0.4 is 14.9 Å². The first kappa shape index (κ1) is 24.9. The lowest BCUT2D eigenvalue weighted by Crippen LogP contribution is -2.25. The number of halogens is 2. The Hall–Kier alpha value is -3.81. The van der Waals surface area contributed by atoms with E-state index < -0.39 is 22.3 Å². The maximum Gasteiger partial charge on any atom is 0.295 e. The van der Waals surface area contributed by atoms with Gasteiger partial charge in [0.15, 0.2) is 17.3 Å². The highest BCUT2D eigenvalue weighted by Gasteiger charge is 2.23. The summed E-state index contributed by atoms with van der Waals surface area (Å²) in [7, 11) is -0.441. The summed E-state index contributed by atoms with van der Waals surface area (Å²) in [6.45, 7) is 2.49. The maximum absolute atomic E-state index is 13.4. The minimum Gasteiger partial charge on any atom is -0.370 e. The molecule has 3 N–H and O–H groups in total. The van der Waals surface area contributed by atoms with E-state index in [4.69, 9.17) is 0 Å². The third-order valence-corrected chi connectivity index (χ3v) is 7.38. The zero-order valence-corrected chi connectivity index (χ0v) is 21.6. The summed E-state index contributed by atoms with van der Waals surface area (Å²) in [4.78, 5) is 15.4. The number of H-pyrrole nitrogens is 1. The van der Waals surface area contributed by atoms with Gasteiger partial charge in [0, 0.05) is 32.3 Å². The second kappa shape index (κ2) is 9.25. The number of anilines is 4. The van der Waals surface area contributed by atoms with E-state index in [0.29, 0.717) is 46.0 Å². The summed E-state index contributed by atoms with van der Waals surface area (Å²) in [5, 5.41) is 10.7. The molecule has 0 unspecified atom stereocenters. The van der Waals surface area contributed by atoms with Gasteiger partial charge in [-0.2, -0.15) is 5.10 Å². The van der Waals surface area contributed by atoms with Gasteiger partial charge in [-0.1, -0.05) is 0 Å². The SMILES string of the molecule is Cc1nc(-c2ccc(Nc3cc(NCC4CC4)nc4nc(C(F)F)[nH]c34)c(N(C)S(C)(=O)=O)c2)n(C)n1. The molecule has 1 saturated carbocycles. The normalized spacial score (nSPS) is 13.9. The van der Waals surface area contributed by atoms with Gasteiger partial charge in [-0.15, -0.1) is 0 Å². The topological polar surface area (TPSA) is 134 Å². The first-order chi connectivity index (χ1) is 17.5. The molecule has 0 bridgehead atoms. The number of hydrogen-bond acceptors (Lipinski definition) is 8. The third-order valence-electron chi connectivity index (χ3n) is 6.19. The second-order valence-electron chi connectivity index (χ2n) is 9.19. The van der Waals surface area contributed by atoms with Crippen LogP contribution in [-0.2, 0) is 17.1 Å². The highest BCUT2D eigenvalue weighted by molar-refractivity contribution is 7.92. The van der Waals surface area contributed by atoms with E-state index in [-0.39, 0.29) is 11.2 Å². The highest BCUT2D eigenvalue weighted by atomic mass is 32.2. The van der Waals surface area contributed by atoms with Crippen molar-refractivity contribution in [2.75, 3.05) is 34.8 Å². The number of pyridine rings is 1. The monoisotopic (exact) mass is 531 g/mol. The lowest BCUT2D eigenvalue weighted by Gasteiger charge is -2.22. The van der Waals surface area contributed by atoms with Crippen LogP contribution in [0.3, 0.4) is 0 Å². The van der Waals surface area contributed by atoms with Crippen LogP contribution in [0.15, 0.2) is 24.3 Å². The van der Waals surface area contributed by atoms with Gasteiger partial charge < -0.3 is 15.6 Å². The van der Waals surface area contributed by atoms with Crippen LogP contribution in [0.1, 0.15) is 30.9 Å². The number of sulfonamides is 1. The van der Waals surface area contributed by atoms with Crippen molar-refractivity contribution < 1.29 is 17.2 Å². The smallest absolute Gasteiger partial charge is 0.295 e. The molecule has 0 spiro atoms. The van der Waals surface area contributed by atoms with Crippen molar-refractivity contribution in [3.05, 3.63) is 35.9 Å². The second-order valence-corrected chi connectivity index (χ2v) is 11.2. The fourth-order valence-corrected chi connectivity index (χ4v) is 4.50. The van der Waals surface area contributed by atoms with Gasteiger partial charge in [-0.25, -0.2) is 36.8 Å². The molecule has 0 aliphatic heterocycles. The molecule has 14 heteroatoms. The van der Waals surface area contributed by atoms with E-state index in [1.165, 1.54) is 7.05 Å². The molecule has 11 nitrogen and oxygen atoms in total. The number of nitrogens with one attached hydrogen (secondary N) is 3. The number of aryl methyl sites for hydroxylation is 2. The quantitative estimate of drug-likeness (QED) is 0.296. The fraction of sp³-hybridized carbons (Fsp3) is 0.391. The molecule has 3 aromatic heterocycles. The molecule has 0 saturated heterocycles. The molecule has 1 aliphatic carbocycles. The van der Waals surface area contributed by atoms with Gasteiger partial charge in [0.2, 0.25) is 10.0 Å². The molecule has 3 heterocycles. The molecule has 0 amide bonds. The van der Waals surface area contributed by atoms with E-state index in [2.05, 4.69) is 35.7 Å². The van der Waals surface area contributed by atoms with Crippen molar-refractivity contribution in [3.63, 3.8) is 0 Å². The first-order valence-corrected chi connectivity index (χ1v) is 13.5. The Kier molecular flexibility index (Phi) is 6.22. The van der Waals surface area contributed by atoms with E-state index in [9.17, 15) is 17.2 Å². The largest absolute Gasteiger partial charge is 0.370 e. The number of aromatic amines is 1. The number of hydrogen-bond donors (Lipinski definition) is 3. The Morgan fingerprint density at radius 3 is 2.57 bits per heavy atom. The van der Waals surface area contributed by atoms with E-state index in [1.54, 1.807) is 42.9 Å². The van der Waals surface area contributed by atoms with Gasteiger partial charge in [0.25, 0.3) is 6.43 Å². The summed E-state index contributed by atoms with van der Waals surface area (Å²) in [6.07, 6.45) is 0.573. The van der Waals surface area contributed by atoms with Gasteiger partial charge >= 0.3 is 0 Å². The number of benzene rings is 1. The lowest BCUT2D eigenvalue weighted by molar-refractivity contribution is 0.142. The van der Waals surface area contributed by atoms with Crippen LogP contribution in [0.2, 0.25) is 0 Å². The molecule has 1 fully saturated rings. The zero-order valence-electron chi connectivity index (χ0n) is 20.7. The minimum absolute atomic E-state index is 0.128. The molecule has 0 radical (unpaired) electrons. The Bertz CT molecular complexity index is 1580. The van der Waals surface area contributed by atoms with E-state index in [1.807, 2.05) is 0 Å². The van der Waals surface area contributed by atoms with Crippen LogP contribution in [0.5, 0.6) is 0 Å². The molecule has 5 rings (SSSR count). The van der Waals surface area contributed by atoms with E-state index in [0.717, 1.165) is 29.9 Å². The average Bonchev–Trinajstić information content (AvgIpc) is 3.45. The summed E-state index contributed by atoms with van der Waals surface area (Å²) < 4.78 is 54.6.